The second kappa shape index (κ2) is 6.45. The predicted molar refractivity (Wildman–Crippen MR) is 93.3 cm³/mol. The summed E-state index contributed by atoms with van der Waals surface area (Å²) in [7, 11) is 0. The van der Waals surface area contributed by atoms with E-state index in [2.05, 4.69) is 10.3 Å². The minimum absolute atomic E-state index is 0.180. The van der Waals surface area contributed by atoms with Crippen LogP contribution in [0.2, 0.25) is 5.02 Å². The van der Waals surface area contributed by atoms with Gasteiger partial charge in [0.1, 0.15) is 5.71 Å². The lowest BCUT2D eigenvalue weighted by Crippen LogP contribution is -2.14. The summed E-state index contributed by atoms with van der Waals surface area (Å²) in [5, 5.41) is 3.18. The van der Waals surface area contributed by atoms with Crippen LogP contribution in [-0.4, -0.2) is 23.7 Å². The zero-order chi connectivity index (χ0) is 17.3. The van der Waals surface area contributed by atoms with Crippen molar-refractivity contribution in [3.8, 4) is 0 Å². The highest BCUT2D eigenvalue weighted by Gasteiger charge is 2.27. The van der Waals surface area contributed by atoms with Gasteiger partial charge in [0.05, 0.1) is 28.1 Å². The van der Waals surface area contributed by atoms with Crippen molar-refractivity contribution in [1.29, 1.82) is 0 Å². The van der Waals surface area contributed by atoms with Crippen LogP contribution in [0.3, 0.4) is 0 Å². The summed E-state index contributed by atoms with van der Waals surface area (Å²) >= 11 is 6.08. The van der Waals surface area contributed by atoms with Gasteiger partial charge in [0.2, 0.25) is 0 Å². The number of carbonyl (C=O) groups is 2. The summed E-state index contributed by atoms with van der Waals surface area (Å²) in [5.74, 6) is -0.693. The Balaban J connectivity index is 1.89. The van der Waals surface area contributed by atoms with E-state index in [0.29, 0.717) is 33.2 Å². The van der Waals surface area contributed by atoms with Gasteiger partial charge in [-0.15, -0.1) is 0 Å². The number of fused-ring (bicyclic) bond motifs is 1. The van der Waals surface area contributed by atoms with Gasteiger partial charge >= 0.3 is 5.97 Å². The molecule has 1 amide bonds. The third-order valence-electron chi connectivity index (χ3n) is 3.41. The second-order valence-corrected chi connectivity index (χ2v) is 5.99. The monoisotopic (exact) mass is 342 g/mol. The Bertz CT molecular complexity index is 842. The van der Waals surface area contributed by atoms with Gasteiger partial charge in [0, 0.05) is 5.56 Å². The number of rotatable bonds is 3. The fraction of sp³-hybridized carbons (Fsp3) is 0.167. The third-order valence-corrected chi connectivity index (χ3v) is 3.72. The van der Waals surface area contributed by atoms with E-state index in [1.165, 1.54) is 0 Å². The molecule has 122 valence electrons. The maximum atomic E-state index is 12.1. The largest absolute Gasteiger partial charge is 0.459 e. The molecule has 1 heterocycles. The molecule has 2 aromatic rings. The number of esters is 1. The molecule has 0 spiro atoms. The van der Waals surface area contributed by atoms with E-state index in [1.807, 2.05) is 0 Å². The highest BCUT2D eigenvalue weighted by Crippen LogP contribution is 2.32. The lowest BCUT2D eigenvalue weighted by molar-refractivity contribution is -0.110. The smallest absolute Gasteiger partial charge is 0.338 e. The Kier molecular flexibility index (Phi) is 4.36. The molecule has 6 heteroatoms. The molecule has 0 bridgehead atoms. The number of hydrogen-bond donors (Lipinski definition) is 1. The van der Waals surface area contributed by atoms with Crippen LogP contribution < -0.4 is 5.32 Å². The van der Waals surface area contributed by atoms with Crippen molar-refractivity contribution < 1.29 is 14.3 Å². The fourth-order valence-electron chi connectivity index (χ4n) is 2.34. The molecule has 1 aliphatic heterocycles. The number of aliphatic imine (C=N–C) groups is 1. The predicted octanol–water partition coefficient (Wildman–Crippen LogP) is 3.98. The summed E-state index contributed by atoms with van der Waals surface area (Å²) in [4.78, 5) is 28.3. The van der Waals surface area contributed by atoms with Gasteiger partial charge < -0.3 is 10.1 Å². The van der Waals surface area contributed by atoms with Crippen LogP contribution in [0.15, 0.2) is 47.5 Å². The topological polar surface area (TPSA) is 67.8 Å². The molecule has 24 heavy (non-hydrogen) atoms. The lowest BCUT2D eigenvalue weighted by Gasteiger charge is -2.07. The Morgan fingerprint density at radius 3 is 2.54 bits per heavy atom. The molecular formula is C18H15ClN2O3. The Labute approximate surface area is 144 Å². The van der Waals surface area contributed by atoms with Gasteiger partial charge in [0.25, 0.3) is 5.91 Å². The molecule has 0 unspecified atom stereocenters. The molecule has 5 nitrogen and oxygen atoms in total. The van der Waals surface area contributed by atoms with Gasteiger partial charge in [-0.3, -0.25) is 4.79 Å². The third kappa shape index (κ3) is 3.16. The highest BCUT2D eigenvalue weighted by atomic mass is 35.5. The first kappa shape index (κ1) is 16.2. The molecule has 2 aromatic carbocycles. The minimum Gasteiger partial charge on any atom is -0.459 e. The van der Waals surface area contributed by atoms with Crippen molar-refractivity contribution in [2.45, 2.75) is 20.0 Å². The number of ether oxygens (including phenoxy) is 1. The lowest BCUT2D eigenvalue weighted by atomic mass is 10.1. The molecule has 0 aromatic heterocycles. The van der Waals surface area contributed by atoms with Crippen molar-refractivity contribution in [3.63, 3.8) is 0 Å². The average molecular weight is 343 g/mol. The molecule has 0 saturated carbocycles. The molecule has 0 saturated heterocycles. The number of carbonyl (C=O) groups excluding carboxylic acids is 2. The van der Waals surface area contributed by atoms with Crippen molar-refractivity contribution in [2.75, 3.05) is 5.32 Å². The molecule has 0 fully saturated rings. The highest BCUT2D eigenvalue weighted by molar-refractivity contribution is 6.55. The number of nitrogens with one attached hydrogen (secondary N) is 1. The van der Waals surface area contributed by atoms with Gasteiger partial charge in [-0.05, 0) is 44.2 Å². The van der Waals surface area contributed by atoms with Crippen LogP contribution in [0.25, 0.3) is 0 Å². The normalized spacial score (nSPS) is 14.7. The summed E-state index contributed by atoms with van der Waals surface area (Å²) in [6.07, 6.45) is -0.180. The van der Waals surface area contributed by atoms with Crippen molar-refractivity contribution in [2.24, 2.45) is 4.99 Å². The second-order valence-electron chi connectivity index (χ2n) is 5.58. The number of hydrogen-bond acceptors (Lipinski definition) is 4. The maximum absolute atomic E-state index is 12.1. The van der Waals surface area contributed by atoms with Gasteiger partial charge in [-0.2, -0.15) is 0 Å². The molecule has 0 radical (unpaired) electrons. The van der Waals surface area contributed by atoms with Gasteiger partial charge in [-0.25, -0.2) is 9.79 Å². The molecule has 1 aliphatic rings. The summed E-state index contributed by atoms with van der Waals surface area (Å²) < 4.78 is 5.13. The molecule has 0 atom stereocenters. The number of benzene rings is 2. The standard InChI is InChI=1S/C18H15ClN2O3/c1-10(2)24-18(23)11-6-8-12(9-7-11)20-16-13-4-3-5-14(19)15(13)21-17(16)22/h3-10H,1-2H3,(H,20,21,22). The SMILES string of the molecule is CC(C)OC(=O)c1ccc(N=C2C(=O)Nc3c(Cl)cccc32)cc1. The van der Waals surface area contributed by atoms with E-state index in [-0.39, 0.29) is 18.0 Å². The van der Waals surface area contributed by atoms with Crippen LogP contribution in [-0.2, 0) is 9.53 Å². The first-order valence-electron chi connectivity index (χ1n) is 7.45. The van der Waals surface area contributed by atoms with Crippen molar-refractivity contribution in [3.05, 3.63) is 58.6 Å². The number of para-hydroxylation sites is 1. The summed E-state index contributed by atoms with van der Waals surface area (Å²) in [6.45, 7) is 3.58. The first-order valence-corrected chi connectivity index (χ1v) is 7.83. The van der Waals surface area contributed by atoms with Crippen LogP contribution in [0, 0.1) is 0 Å². The Morgan fingerprint density at radius 2 is 1.88 bits per heavy atom. The molecular weight excluding hydrogens is 328 g/mol. The van der Waals surface area contributed by atoms with Crippen LogP contribution in [0.1, 0.15) is 29.8 Å². The van der Waals surface area contributed by atoms with E-state index < -0.39 is 0 Å². The van der Waals surface area contributed by atoms with E-state index in [1.54, 1.807) is 56.3 Å². The van der Waals surface area contributed by atoms with Gasteiger partial charge in [-0.1, -0.05) is 23.7 Å². The fourth-order valence-corrected chi connectivity index (χ4v) is 2.56. The van der Waals surface area contributed by atoms with Crippen LogP contribution in [0.4, 0.5) is 11.4 Å². The number of anilines is 1. The van der Waals surface area contributed by atoms with Crippen LogP contribution >= 0.6 is 11.6 Å². The van der Waals surface area contributed by atoms with E-state index in [0.717, 1.165) is 0 Å². The van der Waals surface area contributed by atoms with Crippen molar-refractivity contribution >= 4 is 40.6 Å². The van der Waals surface area contributed by atoms with E-state index in [4.69, 9.17) is 16.3 Å². The Hall–Kier alpha value is -2.66. The number of nitrogens with zero attached hydrogens (tertiary/aromatic N) is 1. The minimum atomic E-state index is -0.389. The summed E-state index contributed by atoms with van der Waals surface area (Å²) in [6, 6.07) is 11.8. The van der Waals surface area contributed by atoms with E-state index in [9.17, 15) is 9.59 Å². The summed E-state index contributed by atoms with van der Waals surface area (Å²) in [5.41, 5.74) is 2.53. The molecule has 1 N–H and O–H groups in total. The average Bonchev–Trinajstić information content (AvgIpc) is 2.85. The Morgan fingerprint density at radius 1 is 1.17 bits per heavy atom. The van der Waals surface area contributed by atoms with Crippen LogP contribution in [0.5, 0.6) is 0 Å². The molecule has 3 rings (SSSR count). The van der Waals surface area contributed by atoms with Crippen molar-refractivity contribution in [1.82, 2.24) is 0 Å². The maximum Gasteiger partial charge on any atom is 0.338 e. The molecule has 0 aliphatic carbocycles. The van der Waals surface area contributed by atoms with Gasteiger partial charge in [0.15, 0.2) is 0 Å². The quantitative estimate of drug-likeness (QED) is 0.858. The van der Waals surface area contributed by atoms with E-state index >= 15 is 0 Å². The zero-order valence-corrected chi connectivity index (χ0v) is 13.9. The first-order chi connectivity index (χ1) is 11.5. The number of amides is 1. The zero-order valence-electron chi connectivity index (χ0n) is 13.2. The number of halogens is 1.